The summed E-state index contributed by atoms with van der Waals surface area (Å²) < 4.78 is 0. The van der Waals surface area contributed by atoms with Gasteiger partial charge in [0.2, 0.25) is 0 Å². The number of benzene rings is 1. The Hall–Kier alpha value is -1.19. The summed E-state index contributed by atoms with van der Waals surface area (Å²) in [5.41, 5.74) is 2.28. The normalized spacial score (nSPS) is 12.6. The first-order valence-electron chi connectivity index (χ1n) is 6.52. The van der Waals surface area contributed by atoms with Crippen LogP contribution in [0.1, 0.15) is 31.7 Å². The SMILES string of the molecule is CCCC(C)NCc1nc(-c2ccccc2)cs1. The molecule has 0 saturated heterocycles. The van der Waals surface area contributed by atoms with Crippen molar-refractivity contribution < 1.29 is 0 Å². The number of rotatable bonds is 6. The summed E-state index contributed by atoms with van der Waals surface area (Å²) in [7, 11) is 0. The first kappa shape index (κ1) is 13.2. The molecule has 1 N–H and O–H groups in total. The highest BCUT2D eigenvalue weighted by molar-refractivity contribution is 7.09. The Morgan fingerprint density at radius 2 is 2.06 bits per heavy atom. The van der Waals surface area contributed by atoms with Crippen molar-refractivity contribution in [2.24, 2.45) is 0 Å². The molecule has 96 valence electrons. The third-order valence-electron chi connectivity index (χ3n) is 2.94. The van der Waals surface area contributed by atoms with E-state index in [2.05, 4.69) is 53.8 Å². The average molecular weight is 260 g/mol. The molecule has 0 amide bonds. The highest BCUT2D eigenvalue weighted by Crippen LogP contribution is 2.21. The maximum Gasteiger partial charge on any atom is 0.107 e. The van der Waals surface area contributed by atoms with Crippen LogP contribution in [0.3, 0.4) is 0 Å². The first-order chi connectivity index (χ1) is 8.79. The lowest BCUT2D eigenvalue weighted by atomic mass is 10.2. The van der Waals surface area contributed by atoms with Crippen molar-refractivity contribution in [3.05, 3.63) is 40.7 Å². The van der Waals surface area contributed by atoms with Crippen molar-refractivity contribution in [2.45, 2.75) is 39.3 Å². The van der Waals surface area contributed by atoms with Crippen LogP contribution < -0.4 is 5.32 Å². The highest BCUT2D eigenvalue weighted by atomic mass is 32.1. The predicted molar refractivity (Wildman–Crippen MR) is 78.8 cm³/mol. The second-order valence-corrected chi connectivity index (χ2v) is 5.51. The van der Waals surface area contributed by atoms with Crippen LogP contribution in [0.2, 0.25) is 0 Å². The zero-order valence-electron chi connectivity index (χ0n) is 11.0. The summed E-state index contributed by atoms with van der Waals surface area (Å²) >= 11 is 1.73. The van der Waals surface area contributed by atoms with Gasteiger partial charge >= 0.3 is 0 Å². The molecule has 1 atom stereocenters. The molecule has 0 spiro atoms. The molecule has 1 unspecified atom stereocenters. The summed E-state index contributed by atoms with van der Waals surface area (Å²) in [6, 6.07) is 10.9. The number of nitrogens with one attached hydrogen (secondary N) is 1. The van der Waals surface area contributed by atoms with E-state index in [9.17, 15) is 0 Å². The van der Waals surface area contributed by atoms with Gasteiger partial charge in [0.25, 0.3) is 0 Å². The van der Waals surface area contributed by atoms with E-state index in [0.29, 0.717) is 6.04 Å². The van der Waals surface area contributed by atoms with Crippen molar-refractivity contribution in [1.82, 2.24) is 10.3 Å². The zero-order valence-corrected chi connectivity index (χ0v) is 11.8. The summed E-state index contributed by atoms with van der Waals surface area (Å²) in [6.45, 7) is 5.32. The molecule has 1 aromatic carbocycles. The van der Waals surface area contributed by atoms with Gasteiger partial charge in [-0.05, 0) is 13.3 Å². The summed E-state index contributed by atoms with van der Waals surface area (Å²) in [5, 5.41) is 6.81. The van der Waals surface area contributed by atoms with Gasteiger partial charge in [-0.25, -0.2) is 4.98 Å². The minimum atomic E-state index is 0.569. The number of aromatic nitrogens is 1. The van der Waals surface area contributed by atoms with Crippen molar-refractivity contribution in [3.8, 4) is 11.3 Å². The van der Waals surface area contributed by atoms with Gasteiger partial charge in [0.15, 0.2) is 0 Å². The van der Waals surface area contributed by atoms with Gasteiger partial charge in [-0.3, -0.25) is 0 Å². The molecular formula is C15H20N2S. The van der Waals surface area contributed by atoms with E-state index in [1.807, 2.05) is 6.07 Å². The van der Waals surface area contributed by atoms with Gasteiger partial charge in [-0.1, -0.05) is 43.7 Å². The molecule has 2 aromatic rings. The van der Waals surface area contributed by atoms with Crippen LogP contribution >= 0.6 is 11.3 Å². The van der Waals surface area contributed by atoms with Crippen LogP contribution in [0.25, 0.3) is 11.3 Å². The third kappa shape index (κ3) is 3.65. The maximum atomic E-state index is 4.67. The highest BCUT2D eigenvalue weighted by Gasteiger charge is 2.05. The van der Waals surface area contributed by atoms with E-state index >= 15 is 0 Å². The lowest BCUT2D eigenvalue weighted by molar-refractivity contribution is 0.508. The Kier molecular flexibility index (Phi) is 4.90. The van der Waals surface area contributed by atoms with Gasteiger partial charge in [-0.15, -0.1) is 11.3 Å². The smallest absolute Gasteiger partial charge is 0.107 e. The summed E-state index contributed by atoms with van der Waals surface area (Å²) in [4.78, 5) is 4.67. The molecule has 0 bridgehead atoms. The topological polar surface area (TPSA) is 24.9 Å². The standard InChI is InChI=1S/C15H20N2S/c1-3-7-12(2)16-10-15-17-14(11-18-15)13-8-5-4-6-9-13/h4-6,8-9,11-12,16H,3,7,10H2,1-2H3. The van der Waals surface area contributed by atoms with E-state index < -0.39 is 0 Å². The third-order valence-corrected chi connectivity index (χ3v) is 3.79. The lowest BCUT2D eigenvalue weighted by Gasteiger charge is -2.10. The minimum Gasteiger partial charge on any atom is -0.308 e. The molecule has 0 aliphatic rings. The molecule has 0 radical (unpaired) electrons. The average Bonchev–Trinajstić information content (AvgIpc) is 2.87. The molecular weight excluding hydrogens is 240 g/mol. The Morgan fingerprint density at radius 3 is 2.78 bits per heavy atom. The fraction of sp³-hybridized carbons (Fsp3) is 0.400. The van der Waals surface area contributed by atoms with Crippen molar-refractivity contribution in [1.29, 1.82) is 0 Å². The van der Waals surface area contributed by atoms with Crippen molar-refractivity contribution >= 4 is 11.3 Å². The molecule has 0 saturated carbocycles. The van der Waals surface area contributed by atoms with Gasteiger partial charge in [0.1, 0.15) is 5.01 Å². The van der Waals surface area contributed by atoms with Crippen LogP contribution in [-0.4, -0.2) is 11.0 Å². The number of thiazole rings is 1. The van der Waals surface area contributed by atoms with Crippen LogP contribution in [0.5, 0.6) is 0 Å². The molecule has 1 aromatic heterocycles. The largest absolute Gasteiger partial charge is 0.308 e. The number of hydrogen-bond acceptors (Lipinski definition) is 3. The van der Waals surface area contributed by atoms with Crippen LogP contribution in [0.15, 0.2) is 35.7 Å². The molecule has 0 aliphatic heterocycles. The molecule has 18 heavy (non-hydrogen) atoms. The Bertz CT molecular complexity index is 464. The number of hydrogen-bond donors (Lipinski definition) is 1. The predicted octanol–water partition coefficient (Wildman–Crippen LogP) is 4.09. The molecule has 2 rings (SSSR count). The number of nitrogens with zero attached hydrogens (tertiary/aromatic N) is 1. The van der Waals surface area contributed by atoms with Gasteiger partial charge < -0.3 is 5.32 Å². The second kappa shape index (κ2) is 6.66. The van der Waals surface area contributed by atoms with E-state index in [1.54, 1.807) is 11.3 Å². The maximum absolute atomic E-state index is 4.67. The van der Waals surface area contributed by atoms with Crippen molar-refractivity contribution in [3.63, 3.8) is 0 Å². The zero-order chi connectivity index (χ0) is 12.8. The van der Waals surface area contributed by atoms with Gasteiger partial charge in [0.05, 0.1) is 5.69 Å². The first-order valence-corrected chi connectivity index (χ1v) is 7.40. The lowest BCUT2D eigenvalue weighted by Crippen LogP contribution is -2.24. The van der Waals surface area contributed by atoms with E-state index in [4.69, 9.17) is 0 Å². The van der Waals surface area contributed by atoms with Gasteiger partial charge in [0, 0.05) is 23.5 Å². The monoisotopic (exact) mass is 260 g/mol. The molecule has 1 heterocycles. The molecule has 2 nitrogen and oxygen atoms in total. The minimum absolute atomic E-state index is 0.569. The molecule has 3 heteroatoms. The van der Waals surface area contributed by atoms with Crippen LogP contribution in [0.4, 0.5) is 0 Å². The Labute approximate surface area is 113 Å². The van der Waals surface area contributed by atoms with E-state index in [-0.39, 0.29) is 0 Å². The summed E-state index contributed by atoms with van der Waals surface area (Å²) in [5.74, 6) is 0. The molecule has 0 fully saturated rings. The fourth-order valence-electron chi connectivity index (χ4n) is 1.93. The fourth-order valence-corrected chi connectivity index (χ4v) is 2.68. The van der Waals surface area contributed by atoms with Crippen LogP contribution in [-0.2, 0) is 6.54 Å². The van der Waals surface area contributed by atoms with Crippen molar-refractivity contribution in [2.75, 3.05) is 0 Å². The summed E-state index contributed by atoms with van der Waals surface area (Å²) in [6.07, 6.45) is 2.44. The molecule has 0 aliphatic carbocycles. The van der Waals surface area contributed by atoms with E-state index in [1.165, 1.54) is 18.4 Å². The van der Waals surface area contributed by atoms with E-state index in [0.717, 1.165) is 17.2 Å². The Morgan fingerprint density at radius 1 is 1.28 bits per heavy atom. The Balaban J connectivity index is 1.95. The quantitative estimate of drug-likeness (QED) is 0.846. The van der Waals surface area contributed by atoms with Gasteiger partial charge in [-0.2, -0.15) is 0 Å². The van der Waals surface area contributed by atoms with Crippen LogP contribution in [0, 0.1) is 0 Å². The second-order valence-electron chi connectivity index (χ2n) is 4.56.